The first-order valence-corrected chi connectivity index (χ1v) is 9.01. The van der Waals surface area contributed by atoms with Crippen LogP contribution in [0.15, 0.2) is 48.5 Å². The number of carbonyl (C=O) groups is 2. The lowest BCUT2D eigenvalue weighted by Gasteiger charge is -2.04. The van der Waals surface area contributed by atoms with Crippen LogP contribution in [0, 0.1) is 0 Å². The molecule has 0 spiro atoms. The Balaban J connectivity index is 1.64. The van der Waals surface area contributed by atoms with Crippen LogP contribution in [0.1, 0.15) is 5.01 Å². The largest absolute Gasteiger partial charge is 0.352 e. The van der Waals surface area contributed by atoms with E-state index in [1.165, 1.54) is 11.3 Å². The van der Waals surface area contributed by atoms with Crippen molar-refractivity contribution < 1.29 is 14.0 Å². The highest BCUT2D eigenvalue weighted by molar-refractivity contribution is 7.18. The molecule has 0 saturated carbocycles. The number of aromatic nitrogens is 1. The van der Waals surface area contributed by atoms with Crippen molar-refractivity contribution in [3.63, 3.8) is 0 Å². The van der Waals surface area contributed by atoms with E-state index in [0.717, 1.165) is 21.3 Å². The summed E-state index contributed by atoms with van der Waals surface area (Å²) in [7, 11) is 0. The Morgan fingerprint density at radius 2 is 1.81 bits per heavy atom. The minimum Gasteiger partial charge on any atom is -0.352 e. The van der Waals surface area contributed by atoms with Crippen molar-refractivity contribution >= 4 is 33.4 Å². The summed E-state index contributed by atoms with van der Waals surface area (Å²) in [4.78, 5) is 27.8. The van der Waals surface area contributed by atoms with Crippen molar-refractivity contribution in [1.82, 2.24) is 15.6 Å². The fraction of sp³-hybridized carbons (Fsp3) is 0.211. The predicted octanol–water partition coefficient (Wildman–Crippen LogP) is 2.71. The zero-order valence-electron chi connectivity index (χ0n) is 14.0. The Bertz CT molecular complexity index is 912. The van der Waals surface area contributed by atoms with Gasteiger partial charge in [0.2, 0.25) is 11.8 Å². The van der Waals surface area contributed by atoms with Gasteiger partial charge in [-0.2, -0.15) is 0 Å². The molecule has 0 aliphatic rings. The summed E-state index contributed by atoms with van der Waals surface area (Å²) in [6, 6.07) is 16.1. The molecule has 7 heteroatoms. The third-order valence-electron chi connectivity index (χ3n) is 3.71. The highest BCUT2D eigenvalue weighted by Gasteiger charge is 2.11. The van der Waals surface area contributed by atoms with Crippen molar-refractivity contribution in [2.75, 3.05) is 19.8 Å². The van der Waals surface area contributed by atoms with Gasteiger partial charge in [0.1, 0.15) is 11.7 Å². The van der Waals surface area contributed by atoms with E-state index in [1.54, 1.807) is 0 Å². The smallest absolute Gasteiger partial charge is 0.239 e. The Morgan fingerprint density at radius 1 is 1.00 bits per heavy atom. The first-order valence-electron chi connectivity index (χ1n) is 8.20. The molecule has 2 aromatic carbocycles. The van der Waals surface area contributed by atoms with Gasteiger partial charge in [-0.15, -0.1) is 11.3 Å². The molecule has 134 valence electrons. The molecular formula is C19H18FN3O2S. The predicted molar refractivity (Wildman–Crippen MR) is 101 cm³/mol. The first-order chi connectivity index (χ1) is 12.7. The summed E-state index contributed by atoms with van der Waals surface area (Å²) in [6.45, 7) is -0.839. The highest BCUT2D eigenvalue weighted by atomic mass is 32.1. The monoisotopic (exact) mass is 371 g/mol. The van der Waals surface area contributed by atoms with Crippen LogP contribution in [0.4, 0.5) is 4.39 Å². The number of hydrogen-bond acceptors (Lipinski definition) is 4. The van der Waals surface area contributed by atoms with Crippen LogP contribution < -0.4 is 10.6 Å². The van der Waals surface area contributed by atoms with E-state index in [1.807, 2.05) is 42.5 Å². The Kier molecular flexibility index (Phi) is 5.91. The van der Waals surface area contributed by atoms with Gasteiger partial charge in [0.05, 0.1) is 23.2 Å². The molecule has 0 unspecified atom stereocenters. The van der Waals surface area contributed by atoms with Gasteiger partial charge < -0.3 is 10.6 Å². The van der Waals surface area contributed by atoms with E-state index in [-0.39, 0.29) is 25.4 Å². The number of benzene rings is 2. The summed E-state index contributed by atoms with van der Waals surface area (Å²) in [5, 5.41) is 5.55. The number of carbonyl (C=O) groups excluding carboxylic acids is 2. The van der Waals surface area contributed by atoms with Crippen molar-refractivity contribution in [2.24, 2.45) is 0 Å². The SMILES string of the molecule is O=C(CNC(=O)Cc1nc2ccc(-c3ccccc3)cc2s1)NCCF. The third-order valence-corrected chi connectivity index (χ3v) is 4.73. The maximum absolute atomic E-state index is 12.0. The molecule has 0 fully saturated rings. The lowest BCUT2D eigenvalue weighted by Crippen LogP contribution is -2.38. The van der Waals surface area contributed by atoms with Crippen molar-refractivity contribution in [3.05, 3.63) is 53.5 Å². The van der Waals surface area contributed by atoms with Crippen molar-refractivity contribution in [2.45, 2.75) is 6.42 Å². The fourth-order valence-corrected chi connectivity index (χ4v) is 3.49. The molecule has 3 rings (SSSR count). The number of rotatable bonds is 7. The first kappa shape index (κ1) is 18.0. The van der Waals surface area contributed by atoms with Gasteiger partial charge in [-0.1, -0.05) is 36.4 Å². The molecule has 0 bridgehead atoms. The number of nitrogens with zero attached hydrogens (tertiary/aromatic N) is 1. The molecule has 2 amide bonds. The zero-order chi connectivity index (χ0) is 18.4. The third kappa shape index (κ3) is 4.64. The Morgan fingerprint density at radius 3 is 2.58 bits per heavy atom. The van der Waals surface area contributed by atoms with E-state index in [9.17, 15) is 14.0 Å². The number of hydrogen-bond donors (Lipinski definition) is 2. The molecule has 5 nitrogen and oxygen atoms in total. The molecular weight excluding hydrogens is 353 g/mol. The molecule has 1 aromatic heterocycles. The van der Waals surface area contributed by atoms with Crippen LogP contribution in [0.25, 0.3) is 21.3 Å². The second-order valence-corrected chi connectivity index (χ2v) is 6.76. The molecule has 0 saturated heterocycles. The van der Waals surface area contributed by atoms with Gasteiger partial charge in [-0.25, -0.2) is 9.37 Å². The summed E-state index contributed by atoms with van der Waals surface area (Å²) in [6.07, 6.45) is 0.108. The standard InChI is InChI=1S/C19H18FN3O2S/c20-8-9-21-18(25)12-22-17(24)11-19-23-15-7-6-14(10-16(15)26-19)13-4-2-1-3-5-13/h1-7,10H,8-9,11-12H2,(H,21,25)(H,22,24). The quantitative estimate of drug-likeness (QED) is 0.671. The number of amides is 2. The van der Waals surface area contributed by atoms with Gasteiger partial charge in [-0.05, 0) is 23.3 Å². The maximum Gasteiger partial charge on any atom is 0.239 e. The Hall–Kier alpha value is -2.80. The topological polar surface area (TPSA) is 71.1 Å². The van der Waals surface area contributed by atoms with Crippen LogP contribution >= 0.6 is 11.3 Å². The van der Waals surface area contributed by atoms with Gasteiger partial charge in [0.15, 0.2) is 0 Å². The van der Waals surface area contributed by atoms with Gasteiger partial charge in [-0.3, -0.25) is 9.59 Å². The number of nitrogens with one attached hydrogen (secondary N) is 2. The minimum atomic E-state index is -0.629. The van der Waals surface area contributed by atoms with E-state index >= 15 is 0 Å². The van der Waals surface area contributed by atoms with Crippen LogP contribution in [-0.4, -0.2) is 36.6 Å². The fourth-order valence-electron chi connectivity index (χ4n) is 2.49. The summed E-state index contributed by atoms with van der Waals surface area (Å²) in [5.41, 5.74) is 3.07. The lowest BCUT2D eigenvalue weighted by molar-refractivity contribution is -0.125. The van der Waals surface area contributed by atoms with Gasteiger partial charge in [0, 0.05) is 6.54 Å². The van der Waals surface area contributed by atoms with Gasteiger partial charge >= 0.3 is 0 Å². The summed E-state index contributed by atoms with van der Waals surface area (Å²) >= 11 is 1.46. The number of alkyl halides is 1. The number of thiazole rings is 1. The molecule has 2 N–H and O–H groups in total. The number of fused-ring (bicyclic) bond motifs is 1. The average molecular weight is 371 g/mol. The molecule has 3 aromatic rings. The van der Waals surface area contributed by atoms with E-state index in [2.05, 4.69) is 21.7 Å². The molecule has 0 atom stereocenters. The van der Waals surface area contributed by atoms with E-state index in [4.69, 9.17) is 0 Å². The second-order valence-electron chi connectivity index (χ2n) is 5.65. The Labute approximate surface area is 154 Å². The lowest BCUT2D eigenvalue weighted by atomic mass is 10.1. The van der Waals surface area contributed by atoms with Crippen LogP contribution in [0.2, 0.25) is 0 Å². The zero-order valence-corrected chi connectivity index (χ0v) is 14.8. The minimum absolute atomic E-state index is 0.0453. The summed E-state index contributed by atoms with van der Waals surface area (Å²) in [5.74, 6) is -0.699. The van der Waals surface area contributed by atoms with Crippen LogP contribution in [-0.2, 0) is 16.0 Å². The molecule has 0 aliphatic carbocycles. The van der Waals surface area contributed by atoms with Crippen molar-refractivity contribution in [1.29, 1.82) is 0 Å². The molecule has 1 heterocycles. The number of halogens is 1. The average Bonchev–Trinajstić information content (AvgIpc) is 3.06. The highest BCUT2D eigenvalue weighted by Crippen LogP contribution is 2.28. The molecule has 0 radical (unpaired) electrons. The normalized spacial score (nSPS) is 10.7. The second kappa shape index (κ2) is 8.53. The maximum atomic E-state index is 12.0. The molecule has 0 aliphatic heterocycles. The van der Waals surface area contributed by atoms with Crippen molar-refractivity contribution in [3.8, 4) is 11.1 Å². The van der Waals surface area contributed by atoms with Crippen LogP contribution in [0.5, 0.6) is 0 Å². The summed E-state index contributed by atoms with van der Waals surface area (Å²) < 4.78 is 13.0. The molecule has 26 heavy (non-hydrogen) atoms. The van der Waals surface area contributed by atoms with Crippen LogP contribution in [0.3, 0.4) is 0 Å². The van der Waals surface area contributed by atoms with Gasteiger partial charge in [0.25, 0.3) is 0 Å². The van der Waals surface area contributed by atoms with E-state index in [0.29, 0.717) is 5.01 Å². The van der Waals surface area contributed by atoms with E-state index < -0.39 is 12.6 Å².